The molecule has 0 heterocycles. The van der Waals surface area contributed by atoms with Gasteiger partial charge in [-0.25, -0.2) is 9.59 Å². The van der Waals surface area contributed by atoms with Crippen LogP contribution < -0.4 is 5.32 Å². The molecule has 17 heavy (non-hydrogen) atoms. The zero-order valence-electron chi connectivity index (χ0n) is 10.5. The first-order chi connectivity index (χ1) is 7.76. The number of aliphatic carboxylic acids is 1. The lowest BCUT2D eigenvalue weighted by Crippen LogP contribution is -2.43. The van der Waals surface area contributed by atoms with Gasteiger partial charge in [0.25, 0.3) is 0 Å². The van der Waals surface area contributed by atoms with Gasteiger partial charge in [0.15, 0.2) is 0 Å². The molecule has 0 spiro atoms. The lowest BCUT2D eigenvalue weighted by molar-refractivity contribution is -0.139. The fourth-order valence-corrected chi connectivity index (χ4v) is 1.69. The standard InChI is InChI=1S/C11H20INO4/c1-11(2,3)17-10(16)13-8(9(14)15)6-4-5-7-12/h8H,4-7H2,1-3H3,(H,13,16)(H,14,15)/t8-/m0/s1. The predicted molar refractivity (Wildman–Crippen MR) is 73.5 cm³/mol. The fourth-order valence-electron chi connectivity index (χ4n) is 1.15. The van der Waals surface area contributed by atoms with E-state index in [1.807, 2.05) is 0 Å². The van der Waals surface area contributed by atoms with Crippen molar-refractivity contribution in [3.8, 4) is 0 Å². The molecule has 0 rings (SSSR count). The van der Waals surface area contributed by atoms with Crippen molar-refractivity contribution < 1.29 is 19.4 Å². The molecular weight excluding hydrogens is 337 g/mol. The number of ether oxygens (including phenoxy) is 1. The van der Waals surface area contributed by atoms with Gasteiger partial charge in [0, 0.05) is 0 Å². The molecule has 0 aliphatic heterocycles. The maximum atomic E-state index is 11.4. The van der Waals surface area contributed by atoms with Crippen LogP contribution in [0.1, 0.15) is 40.0 Å². The summed E-state index contributed by atoms with van der Waals surface area (Å²) >= 11 is 2.24. The van der Waals surface area contributed by atoms with E-state index < -0.39 is 23.7 Å². The summed E-state index contributed by atoms with van der Waals surface area (Å²) in [6.45, 7) is 5.20. The number of halogens is 1. The number of unbranched alkanes of at least 4 members (excludes halogenated alkanes) is 1. The van der Waals surface area contributed by atoms with Gasteiger partial charge in [0.1, 0.15) is 11.6 Å². The van der Waals surface area contributed by atoms with Gasteiger partial charge >= 0.3 is 12.1 Å². The van der Waals surface area contributed by atoms with Crippen LogP contribution in [0.25, 0.3) is 0 Å². The van der Waals surface area contributed by atoms with Gasteiger partial charge in [0.05, 0.1) is 0 Å². The van der Waals surface area contributed by atoms with Gasteiger partial charge in [-0.1, -0.05) is 29.0 Å². The number of carboxylic acids is 1. The predicted octanol–water partition coefficient (Wildman–Crippen LogP) is 2.57. The van der Waals surface area contributed by atoms with E-state index in [9.17, 15) is 9.59 Å². The molecule has 5 nitrogen and oxygen atoms in total. The second-order valence-electron chi connectivity index (χ2n) is 4.72. The summed E-state index contributed by atoms with van der Waals surface area (Å²) in [7, 11) is 0. The van der Waals surface area contributed by atoms with E-state index >= 15 is 0 Å². The van der Waals surface area contributed by atoms with Crippen molar-refractivity contribution in [2.75, 3.05) is 4.43 Å². The first-order valence-electron chi connectivity index (χ1n) is 5.54. The molecule has 0 radical (unpaired) electrons. The van der Waals surface area contributed by atoms with E-state index in [4.69, 9.17) is 9.84 Å². The molecule has 6 heteroatoms. The summed E-state index contributed by atoms with van der Waals surface area (Å²) in [4.78, 5) is 22.3. The highest BCUT2D eigenvalue weighted by atomic mass is 127. The quantitative estimate of drug-likeness (QED) is 0.435. The van der Waals surface area contributed by atoms with Gasteiger partial charge in [0.2, 0.25) is 0 Å². The third kappa shape index (κ3) is 9.20. The number of rotatable bonds is 6. The lowest BCUT2D eigenvalue weighted by atomic mass is 10.1. The number of alkyl halides is 1. The van der Waals surface area contributed by atoms with E-state index in [0.717, 1.165) is 17.3 Å². The number of nitrogens with one attached hydrogen (secondary N) is 1. The number of carboxylic acid groups (broad SMARTS) is 1. The first kappa shape index (κ1) is 16.5. The molecule has 0 unspecified atom stereocenters. The zero-order valence-corrected chi connectivity index (χ0v) is 12.6. The van der Waals surface area contributed by atoms with Crippen molar-refractivity contribution in [2.45, 2.75) is 51.7 Å². The van der Waals surface area contributed by atoms with Crippen LogP contribution in [-0.4, -0.2) is 33.2 Å². The van der Waals surface area contributed by atoms with Gasteiger partial charge in [-0.3, -0.25) is 0 Å². The average molecular weight is 357 g/mol. The van der Waals surface area contributed by atoms with E-state index in [0.29, 0.717) is 6.42 Å². The highest BCUT2D eigenvalue weighted by Crippen LogP contribution is 2.08. The Hall–Kier alpha value is -0.530. The van der Waals surface area contributed by atoms with Gasteiger partial charge < -0.3 is 15.2 Å². The molecule has 1 atom stereocenters. The minimum Gasteiger partial charge on any atom is -0.480 e. The summed E-state index contributed by atoms with van der Waals surface area (Å²) in [5, 5.41) is 11.3. The highest BCUT2D eigenvalue weighted by Gasteiger charge is 2.23. The summed E-state index contributed by atoms with van der Waals surface area (Å²) < 4.78 is 5.99. The normalized spacial score (nSPS) is 12.9. The smallest absolute Gasteiger partial charge is 0.408 e. The maximum Gasteiger partial charge on any atom is 0.408 e. The average Bonchev–Trinajstić information content (AvgIpc) is 2.13. The first-order valence-corrected chi connectivity index (χ1v) is 7.07. The number of carbonyl (C=O) groups is 2. The Morgan fingerprint density at radius 2 is 1.94 bits per heavy atom. The minimum absolute atomic E-state index is 0.428. The SMILES string of the molecule is CC(C)(C)OC(=O)N[C@@H](CCCCI)C(=O)O. The molecule has 0 aromatic rings. The van der Waals surface area contributed by atoms with Crippen molar-refractivity contribution >= 4 is 34.7 Å². The van der Waals surface area contributed by atoms with Crippen LogP contribution in [0.15, 0.2) is 0 Å². The van der Waals surface area contributed by atoms with E-state index in [1.165, 1.54) is 0 Å². The second-order valence-corrected chi connectivity index (χ2v) is 5.80. The van der Waals surface area contributed by atoms with Crippen LogP contribution in [-0.2, 0) is 9.53 Å². The summed E-state index contributed by atoms with van der Waals surface area (Å²) in [5.74, 6) is -1.02. The lowest BCUT2D eigenvalue weighted by Gasteiger charge is -2.21. The summed E-state index contributed by atoms with van der Waals surface area (Å²) in [6.07, 6.45) is 1.47. The van der Waals surface area contributed by atoms with Crippen LogP contribution in [0, 0.1) is 0 Å². The maximum absolute atomic E-state index is 11.4. The number of hydrogen-bond acceptors (Lipinski definition) is 3. The molecule has 100 valence electrons. The van der Waals surface area contributed by atoms with Crippen molar-refractivity contribution in [3.05, 3.63) is 0 Å². The molecule has 0 fully saturated rings. The largest absolute Gasteiger partial charge is 0.480 e. The second kappa shape index (κ2) is 7.73. The number of hydrogen-bond donors (Lipinski definition) is 2. The molecule has 0 bridgehead atoms. The Morgan fingerprint density at radius 1 is 1.35 bits per heavy atom. The number of alkyl carbamates (subject to hydrolysis) is 1. The topological polar surface area (TPSA) is 75.6 Å². The van der Waals surface area contributed by atoms with Crippen molar-refractivity contribution in [1.29, 1.82) is 0 Å². The molecule has 2 N–H and O–H groups in total. The Kier molecular flexibility index (Phi) is 7.49. The van der Waals surface area contributed by atoms with E-state index in [-0.39, 0.29) is 0 Å². The number of amides is 1. The van der Waals surface area contributed by atoms with Crippen LogP contribution in [0.4, 0.5) is 4.79 Å². The Labute approximate surface area is 115 Å². The molecule has 0 saturated carbocycles. The zero-order chi connectivity index (χ0) is 13.5. The number of carbonyl (C=O) groups excluding carboxylic acids is 1. The summed E-state index contributed by atoms with van der Waals surface area (Å²) in [6, 6.07) is -0.868. The van der Waals surface area contributed by atoms with Crippen LogP contribution >= 0.6 is 22.6 Å². The highest BCUT2D eigenvalue weighted by molar-refractivity contribution is 14.1. The van der Waals surface area contributed by atoms with Gasteiger partial charge in [-0.15, -0.1) is 0 Å². The van der Waals surface area contributed by atoms with Gasteiger partial charge in [-0.05, 0) is 38.0 Å². The monoisotopic (exact) mass is 357 g/mol. The van der Waals surface area contributed by atoms with E-state index in [2.05, 4.69) is 27.9 Å². The minimum atomic E-state index is -1.02. The van der Waals surface area contributed by atoms with Crippen molar-refractivity contribution in [1.82, 2.24) is 5.32 Å². The summed E-state index contributed by atoms with van der Waals surface area (Å²) in [5.41, 5.74) is -0.616. The third-order valence-electron chi connectivity index (χ3n) is 1.87. The van der Waals surface area contributed by atoms with Crippen molar-refractivity contribution in [3.63, 3.8) is 0 Å². The van der Waals surface area contributed by atoms with Crippen LogP contribution in [0.5, 0.6) is 0 Å². The van der Waals surface area contributed by atoms with Crippen LogP contribution in [0.2, 0.25) is 0 Å². The molecule has 0 aliphatic carbocycles. The Balaban J connectivity index is 4.16. The van der Waals surface area contributed by atoms with Crippen LogP contribution in [0.3, 0.4) is 0 Å². The Bertz CT molecular complexity index is 263. The fraction of sp³-hybridized carbons (Fsp3) is 0.818. The van der Waals surface area contributed by atoms with Crippen molar-refractivity contribution in [2.24, 2.45) is 0 Å². The Morgan fingerprint density at radius 3 is 2.35 bits per heavy atom. The molecule has 0 aromatic heterocycles. The third-order valence-corrected chi connectivity index (χ3v) is 2.63. The molecule has 0 saturated heterocycles. The molecule has 0 aliphatic rings. The molecule has 0 aromatic carbocycles. The molecule has 1 amide bonds. The molecular formula is C11H20INO4. The van der Waals surface area contributed by atoms with Gasteiger partial charge in [-0.2, -0.15) is 0 Å². The van der Waals surface area contributed by atoms with E-state index in [1.54, 1.807) is 20.8 Å².